The third-order valence-corrected chi connectivity index (χ3v) is 0.187. The van der Waals surface area contributed by atoms with Crippen LogP contribution in [0.15, 0.2) is 0 Å². The van der Waals surface area contributed by atoms with Gasteiger partial charge in [0.2, 0.25) is 0 Å². The Balaban J connectivity index is 0. The molecule has 0 aliphatic rings. The molecule has 0 saturated carbocycles. The van der Waals surface area contributed by atoms with E-state index in [0.717, 1.165) is 0 Å². The van der Waals surface area contributed by atoms with Crippen molar-refractivity contribution in [3.05, 3.63) is 0 Å². The summed E-state index contributed by atoms with van der Waals surface area (Å²) in [6.45, 7) is 0. The topological polar surface area (TPSA) is 63.3 Å². The highest BCUT2D eigenvalue weighted by Gasteiger charge is 2.10. The highest BCUT2D eigenvalue weighted by Crippen LogP contribution is 1.87. The Bertz CT molecular complexity index is 118. The smallest absolute Gasteiger partial charge is 0.371 e. The molecule has 3 nitrogen and oxygen atoms in total. The van der Waals surface area contributed by atoms with Crippen molar-refractivity contribution in [2.75, 3.05) is 0 Å². The average molecular weight is 137 g/mol. The largest absolute Gasteiger partial charge is 0.477 e. The Kier molecular flexibility index (Phi) is 7.90. The first-order valence-electron chi connectivity index (χ1n) is 1.73. The first-order valence-corrected chi connectivity index (χ1v) is 1.73. The zero-order valence-electron chi connectivity index (χ0n) is 4.34. The average Bonchev–Trinajstić information content (AvgIpc) is 1.68. The van der Waals surface area contributed by atoms with Gasteiger partial charge in [-0.1, -0.05) is 6.42 Å². The number of halogens is 2. The van der Waals surface area contributed by atoms with Crippen LogP contribution in [-0.2, 0) is 4.79 Å². The Labute approximate surface area is 50.5 Å². The molecule has 5 heteroatoms. The van der Waals surface area contributed by atoms with Crippen LogP contribution in [0.4, 0.5) is 8.78 Å². The molecule has 0 rings (SSSR count). The fourth-order valence-electron chi connectivity index (χ4n) is 0. The van der Waals surface area contributed by atoms with Crippen molar-refractivity contribution in [1.82, 2.24) is 0 Å². The molecule has 0 aliphatic heterocycles. The van der Waals surface area contributed by atoms with Crippen molar-refractivity contribution in [3.63, 3.8) is 0 Å². The SMILES string of the molecule is C#CN.O=C(O)C(F)F. The van der Waals surface area contributed by atoms with Gasteiger partial charge in [-0.3, -0.25) is 0 Å². The molecule has 9 heavy (non-hydrogen) atoms. The minimum absolute atomic E-state index is 1.75. The monoisotopic (exact) mass is 137 g/mol. The molecule has 0 amide bonds. The summed E-state index contributed by atoms with van der Waals surface area (Å²) in [5.41, 5.74) is 4.38. The lowest BCUT2D eigenvalue weighted by atomic mass is 10.7. The summed E-state index contributed by atoms with van der Waals surface area (Å²) in [4.78, 5) is 8.95. The van der Waals surface area contributed by atoms with Gasteiger partial charge >= 0.3 is 12.4 Å². The van der Waals surface area contributed by atoms with Crippen LogP contribution in [0.3, 0.4) is 0 Å². The van der Waals surface area contributed by atoms with E-state index in [2.05, 4.69) is 12.2 Å². The maximum absolute atomic E-state index is 10.6. The Morgan fingerprint density at radius 2 is 1.89 bits per heavy atom. The quantitative estimate of drug-likeness (QED) is 0.391. The van der Waals surface area contributed by atoms with E-state index in [1.807, 2.05) is 0 Å². The van der Waals surface area contributed by atoms with Crippen molar-refractivity contribution in [1.29, 1.82) is 0 Å². The molecular formula is C4H5F2NO2. The van der Waals surface area contributed by atoms with E-state index >= 15 is 0 Å². The lowest BCUT2D eigenvalue weighted by Crippen LogP contribution is -2.06. The predicted molar refractivity (Wildman–Crippen MR) is 26.7 cm³/mol. The van der Waals surface area contributed by atoms with E-state index in [1.165, 1.54) is 0 Å². The predicted octanol–water partition coefficient (Wildman–Crippen LogP) is -0.128. The first kappa shape index (κ1) is 10.6. The van der Waals surface area contributed by atoms with E-state index in [9.17, 15) is 8.78 Å². The molecule has 0 aromatic rings. The van der Waals surface area contributed by atoms with Crippen LogP contribution in [0.1, 0.15) is 0 Å². The van der Waals surface area contributed by atoms with Gasteiger partial charge in [0, 0.05) is 0 Å². The summed E-state index contributed by atoms with van der Waals surface area (Å²) in [7, 11) is 0. The molecule has 52 valence electrons. The van der Waals surface area contributed by atoms with Crippen LogP contribution < -0.4 is 5.73 Å². The summed E-state index contributed by atoms with van der Waals surface area (Å²) in [5, 5.41) is 7.24. The van der Waals surface area contributed by atoms with Gasteiger partial charge < -0.3 is 10.8 Å². The summed E-state index contributed by atoms with van der Waals surface area (Å²) in [6, 6.07) is 1.75. The number of alkyl halides is 2. The molecule has 0 aliphatic carbocycles. The van der Waals surface area contributed by atoms with Crippen LogP contribution >= 0.6 is 0 Å². The molecule has 0 atom stereocenters. The van der Waals surface area contributed by atoms with Crippen LogP contribution in [0.2, 0.25) is 0 Å². The molecule has 0 saturated heterocycles. The fourth-order valence-corrected chi connectivity index (χ4v) is 0. The number of nitrogens with two attached hydrogens (primary N) is 1. The van der Waals surface area contributed by atoms with Crippen LogP contribution in [0.5, 0.6) is 0 Å². The number of terminal acetylenes is 1. The third kappa shape index (κ3) is 20.3. The van der Waals surface area contributed by atoms with E-state index in [0.29, 0.717) is 0 Å². The van der Waals surface area contributed by atoms with Crippen LogP contribution in [-0.4, -0.2) is 17.5 Å². The number of carboxylic acid groups (broad SMARTS) is 1. The van der Waals surface area contributed by atoms with Crippen LogP contribution in [0.25, 0.3) is 0 Å². The van der Waals surface area contributed by atoms with Crippen molar-refractivity contribution in [2.45, 2.75) is 6.43 Å². The lowest BCUT2D eigenvalue weighted by molar-refractivity contribution is -0.149. The minimum Gasteiger partial charge on any atom is -0.477 e. The van der Waals surface area contributed by atoms with Gasteiger partial charge in [0.15, 0.2) is 0 Å². The Morgan fingerprint density at radius 1 is 1.78 bits per heavy atom. The van der Waals surface area contributed by atoms with Gasteiger partial charge in [0.05, 0.1) is 0 Å². The van der Waals surface area contributed by atoms with Gasteiger partial charge in [-0.25, -0.2) is 4.79 Å². The minimum atomic E-state index is -3.23. The lowest BCUT2D eigenvalue weighted by Gasteiger charge is -1.81. The Hall–Kier alpha value is -1.31. The maximum atomic E-state index is 10.6. The molecule has 0 fully saturated rings. The summed E-state index contributed by atoms with van der Waals surface area (Å²) < 4.78 is 21.1. The number of carboxylic acids is 1. The number of hydrogen-bond acceptors (Lipinski definition) is 2. The highest BCUT2D eigenvalue weighted by molar-refractivity contribution is 5.70. The molecule has 0 unspecified atom stereocenters. The summed E-state index contributed by atoms with van der Waals surface area (Å²) in [6.07, 6.45) is 1.14. The number of rotatable bonds is 1. The fraction of sp³-hybridized carbons (Fsp3) is 0.250. The van der Waals surface area contributed by atoms with Gasteiger partial charge in [0.1, 0.15) is 0 Å². The van der Waals surface area contributed by atoms with Crippen molar-refractivity contribution >= 4 is 5.97 Å². The number of hydrogen-bond donors (Lipinski definition) is 2. The highest BCUT2D eigenvalue weighted by atomic mass is 19.3. The summed E-state index contributed by atoms with van der Waals surface area (Å²) in [5.74, 6) is -2.07. The standard InChI is InChI=1S/C2H2F2O2.C2H3N/c3-1(4)2(5)6;1-2-3/h1H,(H,5,6);1H,3H2. The van der Waals surface area contributed by atoms with Crippen molar-refractivity contribution in [2.24, 2.45) is 5.73 Å². The van der Waals surface area contributed by atoms with Gasteiger partial charge in [0.25, 0.3) is 0 Å². The second-order valence-electron chi connectivity index (χ2n) is 0.806. The molecule has 0 radical (unpaired) electrons. The van der Waals surface area contributed by atoms with Gasteiger partial charge in [-0.15, -0.1) is 0 Å². The molecule has 0 aromatic carbocycles. The molecule has 0 heterocycles. The van der Waals surface area contributed by atoms with Crippen molar-refractivity contribution < 1.29 is 18.7 Å². The second-order valence-corrected chi connectivity index (χ2v) is 0.806. The van der Waals surface area contributed by atoms with Crippen molar-refractivity contribution in [3.8, 4) is 12.5 Å². The molecule has 0 bridgehead atoms. The zero-order chi connectivity index (χ0) is 7.86. The maximum Gasteiger partial charge on any atom is 0.371 e. The molecule has 3 N–H and O–H groups in total. The number of aliphatic carboxylic acids is 1. The van der Waals surface area contributed by atoms with Crippen LogP contribution in [0, 0.1) is 12.5 Å². The zero-order valence-corrected chi connectivity index (χ0v) is 4.34. The van der Waals surface area contributed by atoms with E-state index in [4.69, 9.17) is 9.90 Å². The first-order chi connectivity index (χ1) is 4.06. The van der Waals surface area contributed by atoms with E-state index < -0.39 is 12.4 Å². The number of carbonyl (C=O) groups is 1. The normalized spacial score (nSPS) is 6.89. The summed E-state index contributed by atoms with van der Waals surface area (Å²) >= 11 is 0. The van der Waals surface area contributed by atoms with E-state index in [-0.39, 0.29) is 0 Å². The molecule has 0 spiro atoms. The second kappa shape index (κ2) is 6.69. The van der Waals surface area contributed by atoms with Gasteiger partial charge in [-0.05, 0) is 6.04 Å². The molecular weight excluding hydrogens is 132 g/mol. The third-order valence-electron chi connectivity index (χ3n) is 0.187. The Morgan fingerprint density at radius 3 is 1.89 bits per heavy atom. The van der Waals surface area contributed by atoms with Gasteiger partial charge in [-0.2, -0.15) is 8.78 Å². The molecule has 0 aromatic heterocycles. The van der Waals surface area contributed by atoms with E-state index in [1.54, 1.807) is 6.04 Å².